The van der Waals surface area contributed by atoms with Crippen LogP contribution in [-0.2, 0) is 0 Å². The van der Waals surface area contributed by atoms with Crippen molar-refractivity contribution in [1.29, 1.82) is 0 Å². The molecule has 0 aliphatic heterocycles. The van der Waals surface area contributed by atoms with Gasteiger partial charge in [0.05, 0.1) is 5.10 Å². The Morgan fingerprint density at radius 3 is 2.80 bits per heavy atom. The van der Waals surface area contributed by atoms with Gasteiger partial charge in [0.25, 0.3) is 5.70 Å². The molecule has 0 saturated carbocycles. The molecule has 0 aliphatic rings. The quantitative estimate of drug-likeness (QED) is 0.585. The molecule has 0 spiro atoms. The zero-order valence-corrected chi connectivity index (χ0v) is 8.97. The van der Waals surface area contributed by atoms with Crippen LogP contribution in [0.4, 0.5) is 6.01 Å². The lowest BCUT2D eigenvalue weighted by atomic mass is 10.4. The Labute approximate surface area is 88.7 Å². The molecular formula is C10H15N4O+. The van der Waals surface area contributed by atoms with E-state index in [9.17, 15) is 0 Å². The summed E-state index contributed by atoms with van der Waals surface area (Å²) in [6, 6.07) is 0.622. The van der Waals surface area contributed by atoms with E-state index in [1.165, 1.54) is 4.80 Å². The Morgan fingerprint density at radius 1 is 1.53 bits per heavy atom. The van der Waals surface area contributed by atoms with Gasteiger partial charge in [-0.1, -0.05) is 19.2 Å². The Kier molecular flexibility index (Phi) is 3.79. The molecule has 0 amide bonds. The molecule has 1 heterocycles. The van der Waals surface area contributed by atoms with Crippen LogP contribution < -0.4 is 10.1 Å². The maximum absolute atomic E-state index is 4.97. The normalized spacial score (nSPS) is 11.5. The van der Waals surface area contributed by atoms with Crippen molar-refractivity contribution in [3.05, 3.63) is 31.4 Å². The summed E-state index contributed by atoms with van der Waals surface area (Å²) in [6.45, 7) is 11.2. The van der Waals surface area contributed by atoms with Crippen LogP contribution in [0.2, 0.25) is 0 Å². The number of rotatable bonds is 5. The largest absolute Gasteiger partial charge is 0.389 e. The summed E-state index contributed by atoms with van der Waals surface area (Å²) in [6.07, 6.45) is 4.99. The van der Waals surface area contributed by atoms with E-state index < -0.39 is 0 Å². The van der Waals surface area contributed by atoms with E-state index in [4.69, 9.17) is 4.52 Å². The van der Waals surface area contributed by atoms with E-state index in [1.807, 2.05) is 13.8 Å². The van der Waals surface area contributed by atoms with Gasteiger partial charge in [-0.2, -0.15) is 0 Å². The molecule has 0 fully saturated rings. The minimum atomic E-state index is 0.245. The lowest BCUT2D eigenvalue weighted by Gasteiger charge is -1.99. The van der Waals surface area contributed by atoms with Gasteiger partial charge in [0.15, 0.2) is 0 Å². The van der Waals surface area contributed by atoms with Crippen molar-refractivity contribution >= 4 is 11.7 Å². The van der Waals surface area contributed by atoms with Crippen molar-refractivity contribution in [2.45, 2.75) is 19.9 Å². The summed E-state index contributed by atoms with van der Waals surface area (Å²) in [5.41, 5.74) is 0.700. The molecule has 0 radical (unpaired) electrons. The molecule has 0 unspecified atom stereocenters. The molecule has 0 atom stereocenters. The zero-order chi connectivity index (χ0) is 11.3. The monoisotopic (exact) mass is 207 g/mol. The van der Waals surface area contributed by atoms with Crippen molar-refractivity contribution in [2.75, 3.05) is 5.32 Å². The maximum atomic E-state index is 4.97. The van der Waals surface area contributed by atoms with Crippen LogP contribution in [0.5, 0.6) is 0 Å². The third-order valence-corrected chi connectivity index (χ3v) is 1.53. The number of allylic oxidation sites excluding steroid dienone is 4. The number of nitrogens with zero attached hydrogens (tertiary/aromatic N) is 3. The second kappa shape index (κ2) is 5.09. The van der Waals surface area contributed by atoms with Gasteiger partial charge in [0.2, 0.25) is 5.27 Å². The number of nitrogens with one attached hydrogen (secondary N) is 1. The number of hydrogen-bond acceptors (Lipinski definition) is 4. The van der Waals surface area contributed by atoms with Gasteiger partial charge in [-0.25, -0.2) is 0 Å². The van der Waals surface area contributed by atoms with Crippen molar-refractivity contribution < 1.29 is 9.32 Å². The van der Waals surface area contributed by atoms with E-state index in [0.717, 1.165) is 0 Å². The van der Waals surface area contributed by atoms with Crippen LogP contribution >= 0.6 is 0 Å². The fourth-order valence-corrected chi connectivity index (χ4v) is 0.944. The smallest absolute Gasteiger partial charge is 0.331 e. The van der Waals surface area contributed by atoms with Crippen molar-refractivity contribution in [3.63, 3.8) is 0 Å². The first-order valence-corrected chi connectivity index (χ1v) is 4.65. The fraction of sp³-hybridized carbons (Fsp3) is 0.300. The standard InChI is InChI=1S/C10H15N4O/c1-5-7-9(6-2)14-12-10(15-13-14)11-8(3)4/h5-8H,1-2H2,3-4H3,(H,11,12,13)/q+1/b9-7+. The fourth-order valence-electron chi connectivity index (χ4n) is 0.944. The van der Waals surface area contributed by atoms with E-state index in [1.54, 1.807) is 18.2 Å². The van der Waals surface area contributed by atoms with Gasteiger partial charge in [-0.3, -0.25) is 4.52 Å². The summed E-state index contributed by atoms with van der Waals surface area (Å²) in [5, 5.41) is 10.8. The third-order valence-electron chi connectivity index (χ3n) is 1.53. The van der Waals surface area contributed by atoms with Gasteiger partial charge >= 0.3 is 6.01 Å². The van der Waals surface area contributed by atoms with E-state index in [-0.39, 0.29) is 6.04 Å². The Hall–Kier alpha value is -1.91. The Morgan fingerprint density at radius 2 is 2.27 bits per heavy atom. The first-order chi connectivity index (χ1) is 7.17. The summed E-state index contributed by atoms with van der Waals surface area (Å²) < 4.78 is 4.97. The number of aromatic nitrogens is 3. The second-order valence-electron chi connectivity index (χ2n) is 3.20. The summed E-state index contributed by atoms with van der Waals surface area (Å²) in [7, 11) is 0. The molecule has 1 rings (SSSR count). The Balaban J connectivity index is 2.87. The summed E-state index contributed by atoms with van der Waals surface area (Å²) >= 11 is 0. The van der Waals surface area contributed by atoms with Crippen LogP contribution in [0.15, 0.2) is 35.9 Å². The molecule has 0 saturated heterocycles. The van der Waals surface area contributed by atoms with Crippen LogP contribution in [0.25, 0.3) is 5.70 Å². The minimum absolute atomic E-state index is 0.245. The lowest BCUT2D eigenvalue weighted by Crippen LogP contribution is -2.36. The van der Waals surface area contributed by atoms with Crippen LogP contribution in [0, 0.1) is 0 Å². The highest BCUT2D eigenvalue weighted by Crippen LogP contribution is 2.00. The number of anilines is 1. The molecule has 5 nitrogen and oxygen atoms in total. The molecule has 15 heavy (non-hydrogen) atoms. The van der Waals surface area contributed by atoms with Gasteiger partial charge in [0.1, 0.15) is 4.80 Å². The average Bonchev–Trinajstić information content (AvgIpc) is 2.61. The van der Waals surface area contributed by atoms with Crippen LogP contribution in [-0.4, -0.2) is 16.4 Å². The first kappa shape index (κ1) is 11.2. The SMILES string of the molecule is C=C/C=C(\C=C)[n+]1noc(NC(C)C)n1. The molecule has 1 aromatic rings. The predicted octanol–water partition coefficient (Wildman–Crippen LogP) is 1.39. The number of hydrogen-bond donors (Lipinski definition) is 1. The molecule has 1 N–H and O–H groups in total. The topological polar surface area (TPSA) is 54.8 Å². The highest BCUT2D eigenvalue weighted by atomic mass is 16.5. The molecule has 0 bridgehead atoms. The molecule has 0 aliphatic carbocycles. The van der Waals surface area contributed by atoms with Gasteiger partial charge < -0.3 is 5.32 Å². The summed E-state index contributed by atoms with van der Waals surface area (Å²) in [5.74, 6) is 0. The molecule has 80 valence electrons. The van der Waals surface area contributed by atoms with Crippen molar-refractivity contribution in [2.24, 2.45) is 0 Å². The lowest BCUT2D eigenvalue weighted by molar-refractivity contribution is -0.709. The second-order valence-corrected chi connectivity index (χ2v) is 3.20. The highest BCUT2D eigenvalue weighted by molar-refractivity contribution is 5.47. The minimum Gasteiger partial charge on any atom is -0.331 e. The highest BCUT2D eigenvalue weighted by Gasteiger charge is 2.17. The maximum Gasteiger partial charge on any atom is 0.389 e. The van der Waals surface area contributed by atoms with E-state index in [2.05, 4.69) is 28.8 Å². The average molecular weight is 207 g/mol. The van der Waals surface area contributed by atoms with Crippen molar-refractivity contribution in [1.82, 2.24) is 10.4 Å². The van der Waals surface area contributed by atoms with E-state index >= 15 is 0 Å². The van der Waals surface area contributed by atoms with Gasteiger partial charge in [-0.15, -0.1) is 0 Å². The van der Waals surface area contributed by atoms with E-state index in [0.29, 0.717) is 11.7 Å². The van der Waals surface area contributed by atoms with Crippen LogP contribution in [0.3, 0.4) is 0 Å². The van der Waals surface area contributed by atoms with Crippen molar-refractivity contribution in [3.8, 4) is 0 Å². The van der Waals surface area contributed by atoms with Gasteiger partial charge in [0, 0.05) is 18.2 Å². The molecular weight excluding hydrogens is 192 g/mol. The van der Waals surface area contributed by atoms with Crippen LogP contribution in [0.1, 0.15) is 13.8 Å². The third kappa shape index (κ3) is 3.05. The first-order valence-electron chi connectivity index (χ1n) is 4.65. The Bertz CT molecular complexity index is 379. The molecule has 0 aromatic carbocycles. The molecule has 5 heteroatoms. The summed E-state index contributed by atoms with van der Waals surface area (Å²) in [4.78, 5) is 1.35. The van der Waals surface area contributed by atoms with Gasteiger partial charge in [-0.05, 0) is 13.8 Å². The predicted molar refractivity (Wildman–Crippen MR) is 57.9 cm³/mol. The molecule has 1 aromatic heterocycles. The zero-order valence-electron chi connectivity index (χ0n) is 8.97.